The van der Waals surface area contributed by atoms with Crippen molar-refractivity contribution in [2.24, 2.45) is 5.73 Å². The molecule has 1 aliphatic heterocycles. The maximum absolute atomic E-state index is 12.4. The van der Waals surface area contributed by atoms with E-state index in [1.165, 1.54) is 13.8 Å². The molecule has 1 saturated heterocycles. The van der Waals surface area contributed by atoms with Crippen LogP contribution in [-0.4, -0.2) is 105 Å². The molecular formula is C19H31N3O11. The number of aliphatic hydroxyl groups excluding tert-OH is 3. The first-order chi connectivity index (χ1) is 15.3. The molecule has 1 heterocycles. The molecule has 14 nitrogen and oxygen atoms in total. The number of amides is 2. The minimum absolute atomic E-state index is 0.312. The summed E-state index contributed by atoms with van der Waals surface area (Å²) in [6.45, 7) is 2.93. The SMILES string of the molecule is CC(=O)C(=O)[C@@H](CCC(=O)O)NC(=O)[C@H](C)NC(=O)C(C)O[C@@H]1[C@@H](N)[C@@H](O)O[C@H](CO)[C@H]1O. The second-order valence-corrected chi connectivity index (χ2v) is 7.70. The molecule has 0 aliphatic carbocycles. The smallest absolute Gasteiger partial charge is 0.303 e. The fourth-order valence-corrected chi connectivity index (χ4v) is 3.05. The first-order valence-corrected chi connectivity index (χ1v) is 10.2. The third-order valence-corrected chi connectivity index (χ3v) is 5.03. The van der Waals surface area contributed by atoms with Crippen LogP contribution in [0.1, 0.15) is 33.6 Å². The Labute approximate surface area is 189 Å². The third-order valence-electron chi connectivity index (χ3n) is 5.03. The lowest BCUT2D eigenvalue weighted by molar-refractivity contribution is -0.261. The second kappa shape index (κ2) is 12.7. The topological polar surface area (TPSA) is 235 Å². The van der Waals surface area contributed by atoms with Gasteiger partial charge in [0, 0.05) is 13.3 Å². The highest BCUT2D eigenvalue weighted by Gasteiger charge is 2.44. The van der Waals surface area contributed by atoms with Crippen LogP contribution in [0, 0.1) is 0 Å². The molecule has 0 aromatic rings. The average Bonchev–Trinajstić information content (AvgIpc) is 2.75. The van der Waals surface area contributed by atoms with E-state index in [1.54, 1.807) is 0 Å². The van der Waals surface area contributed by atoms with Crippen molar-refractivity contribution in [2.75, 3.05) is 6.61 Å². The number of aliphatic hydroxyl groups is 3. The molecular weight excluding hydrogens is 446 g/mol. The molecule has 1 aliphatic rings. The zero-order valence-electron chi connectivity index (χ0n) is 18.5. The second-order valence-electron chi connectivity index (χ2n) is 7.70. The van der Waals surface area contributed by atoms with Gasteiger partial charge in [-0.25, -0.2) is 0 Å². The monoisotopic (exact) mass is 477 g/mol. The lowest BCUT2D eigenvalue weighted by Crippen LogP contribution is -2.64. The summed E-state index contributed by atoms with van der Waals surface area (Å²) in [5, 5.41) is 42.6. The summed E-state index contributed by atoms with van der Waals surface area (Å²) in [5.74, 6) is -4.71. The van der Waals surface area contributed by atoms with E-state index in [1.807, 2.05) is 0 Å². The molecule has 8 N–H and O–H groups in total. The number of carbonyl (C=O) groups is 5. The molecule has 0 aromatic heterocycles. The van der Waals surface area contributed by atoms with Gasteiger partial charge in [-0.3, -0.25) is 24.0 Å². The van der Waals surface area contributed by atoms with Crippen LogP contribution in [0.25, 0.3) is 0 Å². The average molecular weight is 477 g/mol. The van der Waals surface area contributed by atoms with Crippen molar-refractivity contribution in [3.63, 3.8) is 0 Å². The number of ketones is 2. The quantitative estimate of drug-likeness (QED) is 0.134. The van der Waals surface area contributed by atoms with E-state index in [0.29, 0.717) is 0 Å². The molecule has 188 valence electrons. The van der Waals surface area contributed by atoms with Crippen molar-refractivity contribution in [3.8, 4) is 0 Å². The van der Waals surface area contributed by atoms with E-state index in [9.17, 15) is 39.3 Å². The van der Waals surface area contributed by atoms with Crippen molar-refractivity contribution in [2.45, 2.75) is 82.4 Å². The molecule has 1 unspecified atom stereocenters. The molecule has 0 radical (unpaired) electrons. The van der Waals surface area contributed by atoms with Crippen LogP contribution in [0.2, 0.25) is 0 Å². The van der Waals surface area contributed by atoms with E-state index in [4.69, 9.17) is 20.3 Å². The van der Waals surface area contributed by atoms with Gasteiger partial charge in [0.15, 0.2) is 12.1 Å². The van der Waals surface area contributed by atoms with Gasteiger partial charge in [0.25, 0.3) is 0 Å². The van der Waals surface area contributed by atoms with Crippen LogP contribution in [-0.2, 0) is 33.4 Å². The number of Topliss-reactive ketones (excluding diaryl/α,β-unsaturated/α-hetero) is 2. The maximum Gasteiger partial charge on any atom is 0.303 e. The largest absolute Gasteiger partial charge is 0.481 e. The van der Waals surface area contributed by atoms with Gasteiger partial charge in [-0.15, -0.1) is 0 Å². The minimum atomic E-state index is -1.56. The van der Waals surface area contributed by atoms with Crippen LogP contribution >= 0.6 is 0 Å². The molecule has 0 saturated carbocycles. The van der Waals surface area contributed by atoms with Crippen LogP contribution in [0.4, 0.5) is 0 Å². The van der Waals surface area contributed by atoms with Crippen LogP contribution in [0.5, 0.6) is 0 Å². The van der Waals surface area contributed by atoms with Crippen LogP contribution < -0.4 is 16.4 Å². The fourth-order valence-electron chi connectivity index (χ4n) is 3.05. The standard InChI is InChI=1S/C19H31N3O11/c1-7(17(29)22-10(4-5-12(25)26)14(27)8(2)24)21-18(30)9(3)32-16-13(20)19(31)33-11(6-23)15(16)28/h7,9-11,13,15-16,19,23,28,31H,4-6,20H2,1-3H3,(H,21,30)(H,22,29)(H,25,26)/t7-,9?,10+,11+,13+,15+,16+,19-/m0/s1. The molecule has 33 heavy (non-hydrogen) atoms. The van der Waals surface area contributed by atoms with E-state index in [-0.39, 0.29) is 6.42 Å². The number of nitrogens with one attached hydrogen (secondary N) is 2. The van der Waals surface area contributed by atoms with E-state index in [0.717, 1.165) is 6.92 Å². The summed E-state index contributed by atoms with van der Waals surface area (Å²) in [6, 6.07) is -3.81. The van der Waals surface area contributed by atoms with E-state index >= 15 is 0 Å². The fraction of sp³-hybridized carbons (Fsp3) is 0.737. The molecule has 0 bridgehead atoms. The van der Waals surface area contributed by atoms with Crippen molar-refractivity contribution in [1.29, 1.82) is 0 Å². The van der Waals surface area contributed by atoms with Gasteiger partial charge in [-0.2, -0.15) is 0 Å². The van der Waals surface area contributed by atoms with Crippen molar-refractivity contribution in [3.05, 3.63) is 0 Å². The Morgan fingerprint density at radius 2 is 1.70 bits per heavy atom. The number of ether oxygens (including phenoxy) is 2. The predicted octanol–water partition coefficient (Wildman–Crippen LogP) is -3.83. The summed E-state index contributed by atoms with van der Waals surface area (Å²) in [4.78, 5) is 58.9. The highest BCUT2D eigenvalue weighted by molar-refractivity contribution is 6.38. The Morgan fingerprint density at radius 1 is 1.09 bits per heavy atom. The van der Waals surface area contributed by atoms with Crippen LogP contribution in [0.3, 0.4) is 0 Å². The Kier molecular flexibility index (Phi) is 11.0. The van der Waals surface area contributed by atoms with E-state index < -0.39 is 91.2 Å². The minimum Gasteiger partial charge on any atom is -0.481 e. The Balaban J connectivity index is 2.74. The normalized spacial score (nSPS) is 27.7. The first kappa shape index (κ1) is 28.5. The number of carboxylic acid groups (broad SMARTS) is 1. The number of carbonyl (C=O) groups excluding carboxylic acids is 4. The number of rotatable bonds is 12. The molecule has 0 spiro atoms. The highest BCUT2D eigenvalue weighted by Crippen LogP contribution is 2.22. The summed E-state index contributed by atoms with van der Waals surface area (Å²) in [7, 11) is 0. The van der Waals surface area contributed by atoms with Gasteiger partial charge in [-0.05, 0) is 20.3 Å². The first-order valence-electron chi connectivity index (χ1n) is 10.2. The number of carboxylic acids is 1. The summed E-state index contributed by atoms with van der Waals surface area (Å²) in [5.41, 5.74) is 5.75. The zero-order valence-corrected chi connectivity index (χ0v) is 18.5. The van der Waals surface area contributed by atoms with Crippen molar-refractivity contribution < 1.29 is 53.9 Å². The summed E-state index contributed by atoms with van der Waals surface area (Å²) >= 11 is 0. The number of aliphatic carboxylic acids is 1. The third kappa shape index (κ3) is 8.10. The van der Waals surface area contributed by atoms with Gasteiger partial charge in [0.2, 0.25) is 17.6 Å². The van der Waals surface area contributed by atoms with Gasteiger partial charge >= 0.3 is 5.97 Å². The Morgan fingerprint density at radius 3 is 2.21 bits per heavy atom. The number of nitrogens with two attached hydrogens (primary N) is 1. The summed E-state index contributed by atoms with van der Waals surface area (Å²) in [6.07, 6.45) is -7.51. The molecule has 0 aromatic carbocycles. The zero-order chi connectivity index (χ0) is 25.5. The number of hydrogen-bond acceptors (Lipinski definition) is 11. The Hall–Kier alpha value is -2.49. The summed E-state index contributed by atoms with van der Waals surface area (Å²) < 4.78 is 10.4. The van der Waals surface area contributed by atoms with Gasteiger partial charge in [-0.1, -0.05) is 0 Å². The molecule has 1 fully saturated rings. The van der Waals surface area contributed by atoms with E-state index in [2.05, 4.69) is 10.6 Å². The predicted molar refractivity (Wildman–Crippen MR) is 108 cm³/mol. The maximum atomic E-state index is 12.4. The van der Waals surface area contributed by atoms with Gasteiger partial charge in [0.05, 0.1) is 18.7 Å². The van der Waals surface area contributed by atoms with Crippen molar-refractivity contribution >= 4 is 29.4 Å². The molecule has 2 amide bonds. The van der Waals surface area contributed by atoms with Gasteiger partial charge < -0.3 is 46.3 Å². The number of hydrogen-bond donors (Lipinski definition) is 7. The molecule has 1 rings (SSSR count). The molecule has 8 atom stereocenters. The lowest BCUT2D eigenvalue weighted by atomic mass is 9.97. The molecule has 14 heteroatoms. The van der Waals surface area contributed by atoms with Crippen LogP contribution in [0.15, 0.2) is 0 Å². The van der Waals surface area contributed by atoms with Gasteiger partial charge in [0.1, 0.15) is 30.5 Å². The highest BCUT2D eigenvalue weighted by atomic mass is 16.6. The Bertz CT molecular complexity index is 746. The lowest BCUT2D eigenvalue weighted by Gasteiger charge is -2.41. The van der Waals surface area contributed by atoms with Crippen molar-refractivity contribution in [1.82, 2.24) is 10.6 Å².